The maximum Gasteiger partial charge on any atom is 0.248 e. The number of aromatic nitrogens is 2. The van der Waals surface area contributed by atoms with Gasteiger partial charge in [0.1, 0.15) is 0 Å². The molecule has 0 fully saturated rings. The fourth-order valence-corrected chi connectivity index (χ4v) is 3.19. The van der Waals surface area contributed by atoms with Crippen LogP contribution >= 0.6 is 11.8 Å². The molecular weight excluding hydrogens is 362 g/mol. The van der Waals surface area contributed by atoms with Crippen LogP contribution in [0.5, 0.6) is 0 Å². The lowest BCUT2D eigenvalue weighted by Crippen LogP contribution is -2.23. The van der Waals surface area contributed by atoms with Gasteiger partial charge in [0.25, 0.3) is 0 Å². The lowest BCUT2D eigenvalue weighted by Gasteiger charge is -2.11. The highest BCUT2D eigenvalue weighted by Gasteiger charge is 2.18. The lowest BCUT2D eigenvalue weighted by atomic mass is 10.2. The van der Waals surface area contributed by atoms with Gasteiger partial charge in [-0.15, -0.1) is 0 Å². The molecule has 3 aromatic rings. The van der Waals surface area contributed by atoms with Gasteiger partial charge in [-0.05, 0) is 31.2 Å². The Hall–Kier alpha value is -3.26. The standard InChI is InChI=1S/C19H19N5O2S/c1-12(18(26)22-15-9-7-14(8-10-15)17(20)25)27-19-23-16(11-24(19)21)13-5-3-2-4-6-13/h2-12H,21H2,1H3,(H2,20,25)(H,22,26)/t12-/m0/s1. The van der Waals surface area contributed by atoms with Crippen LogP contribution in [0.25, 0.3) is 11.3 Å². The predicted octanol–water partition coefficient (Wildman–Crippen LogP) is 2.48. The molecule has 8 heteroatoms. The van der Waals surface area contributed by atoms with E-state index >= 15 is 0 Å². The summed E-state index contributed by atoms with van der Waals surface area (Å²) in [4.78, 5) is 28.0. The second-order valence-corrected chi connectivity index (χ2v) is 7.18. The van der Waals surface area contributed by atoms with E-state index in [1.54, 1.807) is 37.4 Å². The number of primary amides is 1. The van der Waals surface area contributed by atoms with E-state index < -0.39 is 11.2 Å². The Kier molecular flexibility index (Phi) is 5.46. The molecule has 2 aromatic carbocycles. The van der Waals surface area contributed by atoms with E-state index in [0.717, 1.165) is 11.3 Å². The summed E-state index contributed by atoms with van der Waals surface area (Å²) in [5.41, 5.74) is 7.87. The number of carbonyl (C=O) groups is 2. The number of rotatable bonds is 6. The normalized spacial score (nSPS) is 11.7. The molecule has 0 saturated carbocycles. The Labute approximate surface area is 160 Å². The van der Waals surface area contributed by atoms with Crippen molar-refractivity contribution in [3.8, 4) is 11.3 Å². The van der Waals surface area contributed by atoms with Gasteiger partial charge in [-0.2, -0.15) is 0 Å². The maximum atomic E-state index is 12.4. The highest BCUT2D eigenvalue weighted by molar-refractivity contribution is 8.00. The number of hydrogen-bond donors (Lipinski definition) is 3. The van der Waals surface area contributed by atoms with E-state index in [-0.39, 0.29) is 5.91 Å². The number of nitrogens with two attached hydrogens (primary N) is 2. The molecule has 3 rings (SSSR count). The third-order valence-electron chi connectivity index (χ3n) is 3.86. The first-order valence-electron chi connectivity index (χ1n) is 8.21. The molecule has 0 radical (unpaired) electrons. The number of hydrogen-bond acceptors (Lipinski definition) is 5. The first kappa shape index (κ1) is 18.5. The number of nitrogen functional groups attached to an aromatic ring is 1. The zero-order valence-corrected chi connectivity index (χ0v) is 15.4. The van der Waals surface area contributed by atoms with Gasteiger partial charge >= 0.3 is 0 Å². The first-order valence-corrected chi connectivity index (χ1v) is 9.09. The predicted molar refractivity (Wildman–Crippen MR) is 107 cm³/mol. The third-order valence-corrected chi connectivity index (χ3v) is 4.94. The zero-order chi connectivity index (χ0) is 19.4. The van der Waals surface area contributed by atoms with E-state index in [0.29, 0.717) is 16.4 Å². The molecule has 0 spiro atoms. The van der Waals surface area contributed by atoms with Crippen molar-refractivity contribution in [2.75, 3.05) is 11.2 Å². The van der Waals surface area contributed by atoms with Crippen LogP contribution in [0.1, 0.15) is 17.3 Å². The molecule has 1 heterocycles. The lowest BCUT2D eigenvalue weighted by molar-refractivity contribution is -0.115. The fraction of sp³-hybridized carbons (Fsp3) is 0.105. The Morgan fingerprint density at radius 3 is 2.41 bits per heavy atom. The second-order valence-electron chi connectivity index (χ2n) is 5.87. The van der Waals surface area contributed by atoms with Crippen LogP contribution in [0, 0.1) is 0 Å². The molecule has 0 aliphatic rings. The van der Waals surface area contributed by atoms with Gasteiger partial charge in [0.15, 0.2) is 5.16 Å². The van der Waals surface area contributed by atoms with Crippen LogP contribution in [-0.2, 0) is 4.79 Å². The van der Waals surface area contributed by atoms with Crippen molar-refractivity contribution >= 4 is 29.3 Å². The van der Waals surface area contributed by atoms with Gasteiger partial charge < -0.3 is 16.9 Å². The molecule has 0 aliphatic carbocycles. The van der Waals surface area contributed by atoms with Gasteiger partial charge in [-0.3, -0.25) is 9.59 Å². The van der Waals surface area contributed by atoms with Crippen LogP contribution in [0.3, 0.4) is 0 Å². The zero-order valence-electron chi connectivity index (χ0n) is 14.6. The fourth-order valence-electron chi connectivity index (χ4n) is 2.39. The molecule has 7 nitrogen and oxygen atoms in total. The van der Waals surface area contributed by atoms with Crippen molar-refractivity contribution in [2.24, 2.45) is 5.73 Å². The van der Waals surface area contributed by atoms with Crippen LogP contribution in [-0.4, -0.2) is 26.7 Å². The molecule has 0 bridgehead atoms. The largest absolute Gasteiger partial charge is 0.366 e. The molecule has 27 heavy (non-hydrogen) atoms. The summed E-state index contributed by atoms with van der Waals surface area (Å²) in [7, 11) is 0. The summed E-state index contributed by atoms with van der Waals surface area (Å²) in [6.45, 7) is 1.77. The molecule has 5 N–H and O–H groups in total. The summed E-state index contributed by atoms with van der Waals surface area (Å²) >= 11 is 1.26. The average molecular weight is 381 g/mol. The molecular formula is C19H19N5O2S. The van der Waals surface area contributed by atoms with Crippen LogP contribution < -0.4 is 16.9 Å². The van der Waals surface area contributed by atoms with Crippen LogP contribution in [0.2, 0.25) is 0 Å². The van der Waals surface area contributed by atoms with Crippen molar-refractivity contribution in [1.82, 2.24) is 9.66 Å². The first-order chi connectivity index (χ1) is 12.9. The SMILES string of the molecule is C[C@H](Sc1nc(-c2ccccc2)cn1N)C(=O)Nc1ccc(C(N)=O)cc1. The molecule has 0 aliphatic heterocycles. The van der Waals surface area contributed by atoms with Crippen LogP contribution in [0.15, 0.2) is 66.0 Å². The number of nitrogens with one attached hydrogen (secondary N) is 1. The number of benzene rings is 2. The minimum absolute atomic E-state index is 0.198. The van der Waals surface area contributed by atoms with Gasteiger partial charge in [-0.1, -0.05) is 42.1 Å². The highest BCUT2D eigenvalue weighted by Crippen LogP contribution is 2.26. The summed E-state index contributed by atoms with van der Waals surface area (Å²) in [6.07, 6.45) is 1.73. The summed E-state index contributed by atoms with van der Waals surface area (Å²) in [6, 6.07) is 16.1. The topological polar surface area (TPSA) is 116 Å². The average Bonchev–Trinajstić information content (AvgIpc) is 3.03. The molecule has 138 valence electrons. The summed E-state index contributed by atoms with van der Waals surface area (Å²) in [5, 5.41) is 2.92. The quantitative estimate of drug-likeness (QED) is 0.448. The molecule has 0 unspecified atom stereocenters. The summed E-state index contributed by atoms with van der Waals surface area (Å²) < 4.78 is 1.42. The number of nitrogens with zero attached hydrogens (tertiary/aromatic N) is 2. The number of amides is 2. The number of anilines is 1. The maximum absolute atomic E-state index is 12.4. The number of imidazole rings is 1. The number of thioether (sulfide) groups is 1. The Morgan fingerprint density at radius 1 is 1.11 bits per heavy atom. The highest BCUT2D eigenvalue weighted by atomic mass is 32.2. The van der Waals surface area contributed by atoms with E-state index in [1.165, 1.54) is 16.4 Å². The summed E-state index contributed by atoms with van der Waals surface area (Å²) in [5.74, 6) is 5.27. The molecule has 0 saturated heterocycles. The minimum Gasteiger partial charge on any atom is -0.366 e. The van der Waals surface area contributed by atoms with Crippen molar-refractivity contribution in [3.63, 3.8) is 0 Å². The van der Waals surface area contributed by atoms with Crippen LogP contribution in [0.4, 0.5) is 5.69 Å². The second kappa shape index (κ2) is 7.96. The van der Waals surface area contributed by atoms with Crippen molar-refractivity contribution in [1.29, 1.82) is 0 Å². The van der Waals surface area contributed by atoms with Crippen molar-refractivity contribution in [2.45, 2.75) is 17.3 Å². The molecule has 1 atom stereocenters. The van der Waals surface area contributed by atoms with E-state index in [2.05, 4.69) is 10.3 Å². The van der Waals surface area contributed by atoms with Gasteiger partial charge in [-0.25, -0.2) is 9.66 Å². The Bertz CT molecular complexity index is 954. The minimum atomic E-state index is -0.513. The smallest absolute Gasteiger partial charge is 0.248 e. The molecule has 2 amide bonds. The van der Waals surface area contributed by atoms with E-state index in [9.17, 15) is 9.59 Å². The number of carbonyl (C=O) groups excluding carboxylic acids is 2. The van der Waals surface area contributed by atoms with E-state index in [1.807, 2.05) is 30.3 Å². The van der Waals surface area contributed by atoms with Crippen molar-refractivity contribution < 1.29 is 9.59 Å². The van der Waals surface area contributed by atoms with Gasteiger partial charge in [0.2, 0.25) is 11.8 Å². The monoisotopic (exact) mass is 381 g/mol. The van der Waals surface area contributed by atoms with Gasteiger partial charge in [0, 0.05) is 16.8 Å². The van der Waals surface area contributed by atoms with Gasteiger partial charge in [0.05, 0.1) is 17.1 Å². The van der Waals surface area contributed by atoms with Crippen molar-refractivity contribution in [3.05, 3.63) is 66.4 Å². The van der Waals surface area contributed by atoms with E-state index in [4.69, 9.17) is 11.6 Å². The third kappa shape index (κ3) is 4.48. The molecule has 1 aromatic heterocycles. The Morgan fingerprint density at radius 2 is 1.78 bits per heavy atom. The Balaban J connectivity index is 1.66.